The van der Waals surface area contributed by atoms with E-state index in [0.29, 0.717) is 23.0 Å². The summed E-state index contributed by atoms with van der Waals surface area (Å²) < 4.78 is 1.71. The molecular formula is C22H22N4O4S2. The van der Waals surface area contributed by atoms with Crippen LogP contribution in [-0.4, -0.2) is 33.5 Å². The van der Waals surface area contributed by atoms with Crippen molar-refractivity contribution in [3.05, 3.63) is 58.1 Å². The molecule has 0 radical (unpaired) electrons. The van der Waals surface area contributed by atoms with Gasteiger partial charge in [0, 0.05) is 29.4 Å². The predicted octanol–water partition coefficient (Wildman–Crippen LogP) is 5.00. The molecule has 1 aliphatic carbocycles. The number of amides is 2. The van der Waals surface area contributed by atoms with E-state index in [1.165, 1.54) is 66.6 Å². The molecule has 1 heterocycles. The van der Waals surface area contributed by atoms with E-state index in [1.54, 1.807) is 6.07 Å². The first-order valence-corrected chi connectivity index (χ1v) is 12.2. The minimum Gasteiger partial charge on any atom is -0.353 e. The van der Waals surface area contributed by atoms with Gasteiger partial charge in [0.05, 0.1) is 20.9 Å². The van der Waals surface area contributed by atoms with Crippen molar-refractivity contribution in [2.24, 2.45) is 0 Å². The molecule has 1 aromatic heterocycles. The Balaban J connectivity index is 1.35. The molecule has 166 valence electrons. The van der Waals surface area contributed by atoms with Crippen LogP contribution in [0.15, 0.2) is 46.8 Å². The molecule has 0 spiro atoms. The average molecular weight is 471 g/mol. The molecule has 4 rings (SSSR count). The van der Waals surface area contributed by atoms with E-state index in [1.807, 2.05) is 12.1 Å². The van der Waals surface area contributed by atoms with E-state index in [9.17, 15) is 19.7 Å². The summed E-state index contributed by atoms with van der Waals surface area (Å²) in [4.78, 5) is 39.5. The standard InChI is InChI=1S/C22H22N4O4S2/c27-20(23-15-4-2-1-3-5-15)13-31-22-25-18-11-8-16(12-19(18)32-22)24-21(28)14-6-9-17(10-7-14)26(29)30/h6-12,15H,1-5,13H2,(H,23,27)(H,24,28). The minimum absolute atomic E-state index is 0.0391. The van der Waals surface area contributed by atoms with E-state index in [4.69, 9.17) is 0 Å². The van der Waals surface area contributed by atoms with Gasteiger partial charge < -0.3 is 10.6 Å². The Morgan fingerprint density at radius 2 is 1.88 bits per heavy atom. The zero-order valence-corrected chi connectivity index (χ0v) is 18.8. The molecule has 10 heteroatoms. The van der Waals surface area contributed by atoms with Gasteiger partial charge in [0.2, 0.25) is 5.91 Å². The Hall–Kier alpha value is -2.98. The lowest BCUT2D eigenvalue weighted by atomic mass is 9.95. The summed E-state index contributed by atoms with van der Waals surface area (Å²) >= 11 is 2.89. The lowest BCUT2D eigenvalue weighted by Crippen LogP contribution is -2.37. The molecular weight excluding hydrogens is 448 g/mol. The highest BCUT2D eigenvalue weighted by Gasteiger charge is 2.16. The Kier molecular flexibility index (Phi) is 7.01. The smallest absolute Gasteiger partial charge is 0.269 e. The monoisotopic (exact) mass is 470 g/mol. The Labute approximate surface area is 193 Å². The maximum atomic E-state index is 12.4. The number of thioether (sulfide) groups is 1. The summed E-state index contributed by atoms with van der Waals surface area (Å²) in [6.07, 6.45) is 5.74. The van der Waals surface area contributed by atoms with Crippen LogP contribution in [-0.2, 0) is 4.79 Å². The Morgan fingerprint density at radius 3 is 2.59 bits per heavy atom. The molecule has 0 aliphatic heterocycles. The van der Waals surface area contributed by atoms with Crippen LogP contribution < -0.4 is 10.6 Å². The number of carbonyl (C=O) groups excluding carboxylic acids is 2. The number of non-ortho nitro benzene ring substituents is 1. The molecule has 1 saturated carbocycles. The van der Waals surface area contributed by atoms with Gasteiger partial charge in [0.25, 0.3) is 11.6 Å². The molecule has 1 aliphatic rings. The lowest BCUT2D eigenvalue weighted by molar-refractivity contribution is -0.384. The van der Waals surface area contributed by atoms with Crippen LogP contribution in [0.1, 0.15) is 42.5 Å². The van der Waals surface area contributed by atoms with E-state index in [-0.39, 0.29) is 17.5 Å². The van der Waals surface area contributed by atoms with Gasteiger partial charge in [-0.1, -0.05) is 31.0 Å². The summed E-state index contributed by atoms with van der Waals surface area (Å²) in [6.45, 7) is 0. The lowest BCUT2D eigenvalue weighted by Gasteiger charge is -2.22. The maximum Gasteiger partial charge on any atom is 0.269 e. The highest BCUT2D eigenvalue weighted by Crippen LogP contribution is 2.31. The van der Waals surface area contributed by atoms with Gasteiger partial charge in [-0.15, -0.1) is 11.3 Å². The number of carbonyl (C=O) groups is 2. The summed E-state index contributed by atoms with van der Waals surface area (Å²) in [5, 5.41) is 16.7. The van der Waals surface area contributed by atoms with Crippen molar-refractivity contribution in [3.8, 4) is 0 Å². The highest BCUT2D eigenvalue weighted by molar-refractivity contribution is 8.01. The van der Waals surface area contributed by atoms with E-state index < -0.39 is 4.92 Å². The number of thiazole rings is 1. The van der Waals surface area contributed by atoms with Crippen LogP contribution >= 0.6 is 23.1 Å². The van der Waals surface area contributed by atoms with Gasteiger partial charge >= 0.3 is 0 Å². The first-order chi connectivity index (χ1) is 15.5. The van der Waals surface area contributed by atoms with Crippen LogP contribution in [0.5, 0.6) is 0 Å². The molecule has 0 bridgehead atoms. The van der Waals surface area contributed by atoms with Gasteiger partial charge in [-0.05, 0) is 43.2 Å². The van der Waals surface area contributed by atoms with Crippen LogP contribution in [0.2, 0.25) is 0 Å². The molecule has 2 N–H and O–H groups in total. The van der Waals surface area contributed by atoms with Crippen molar-refractivity contribution in [1.82, 2.24) is 10.3 Å². The zero-order valence-electron chi connectivity index (χ0n) is 17.2. The topological polar surface area (TPSA) is 114 Å². The number of rotatable bonds is 7. The van der Waals surface area contributed by atoms with Gasteiger partial charge in [-0.3, -0.25) is 19.7 Å². The fourth-order valence-corrected chi connectivity index (χ4v) is 5.54. The zero-order chi connectivity index (χ0) is 22.5. The number of nitrogens with zero attached hydrogens (tertiary/aromatic N) is 2. The van der Waals surface area contributed by atoms with Gasteiger partial charge in [-0.25, -0.2) is 4.98 Å². The average Bonchev–Trinajstić information content (AvgIpc) is 3.20. The first-order valence-electron chi connectivity index (χ1n) is 10.4. The number of nitrogens with one attached hydrogen (secondary N) is 2. The molecule has 3 aromatic rings. The van der Waals surface area contributed by atoms with Crippen molar-refractivity contribution in [2.75, 3.05) is 11.1 Å². The summed E-state index contributed by atoms with van der Waals surface area (Å²) in [7, 11) is 0. The molecule has 0 unspecified atom stereocenters. The second-order valence-electron chi connectivity index (χ2n) is 7.61. The maximum absolute atomic E-state index is 12.4. The van der Waals surface area contributed by atoms with Gasteiger partial charge in [0.1, 0.15) is 0 Å². The molecule has 0 atom stereocenters. The predicted molar refractivity (Wildman–Crippen MR) is 126 cm³/mol. The second kappa shape index (κ2) is 10.1. The SMILES string of the molecule is O=C(CSc1nc2ccc(NC(=O)c3ccc([N+](=O)[O-])cc3)cc2s1)NC1CCCCC1. The third-order valence-electron chi connectivity index (χ3n) is 5.26. The number of aromatic nitrogens is 1. The molecule has 2 aromatic carbocycles. The summed E-state index contributed by atoms with van der Waals surface area (Å²) in [6, 6.07) is 11.2. The minimum atomic E-state index is -0.505. The highest BCUT2D eigenvalue weighted by atomic mass is 32.2. The van der Waals surface area contributed by atoms with Crippen molar-refractivity contribution >= 4 is 56.5 Å². The van der Waals surface area contributed by atoms with Crippen molar-refractivity contribution in [1.29, 1.82) is 0 Å². The van der Waals surface area contributed by atoms with E-state index in [0.717, 1.165) is 27.4 Å². The van der Waals surface area contributed by atoms with Gasteiger partial charge in [-0.2, -0.15) is 0 Å². The molecule has 1 fully saturated rings. The van der Waals surface area contributed by atoms with Crippen LogP contribution in [0, 0.1) is 10.1 Å². The van der Waals surface area contributed by atoms with E-state index in [2.05, 4.69) is 15.6 Å². The molecule has 32 heavy (non-hydrogen) atoms. The van der Waals surface area contributed by atoms with Gasteiger partial charge in [0.15, 0.2) is 4.34 Å². The van der Waals surface area contributed by atoms with Crippen LogP contribution in [0.4, 0.5) is 11.4 Å². The molecule has 2 amide bonds. The van der Waals surface area contributed by atoms with Crippen molar-refractivity contribution in [3.63, 3.8) is 0 Å². The molecule has 8 nitrogen and oxygen atoms in total. The summed E-state index contributed by atoms with van der Waals surface area (Å²) in [5.74, 6) is 0.0232. The fourth-order valence-electron chi connectivity index (χ4n) is 3.62. The van der Waals surface area contributed by atoms with Crippen LogP contribution in [0.25, 0.3) is 10.2 Å². The number of nitro benzene ring substituents is 1. The second-order valence-corrected chi connectivity index (χ2v) is 9.86. The normalized spacial score (nSPS) is 14.2. The quantitative estimate of drug-likeness (QED) is 0.285. The number of nitro groups is 1. The number of hydrogen-bond acceptors (Lipinski definition) is 7. The molecule has 0 saturated heterocycles. The fraction of sp³-hybridized carbons (Fsp3) is 0.318. The first kappa shape index (κ1) is 22.2. The third-order valence-corrected chi connectivity index (χ3v) is 7.43. The number of fused-ring (bicyclic) bond motifs is 1. The Bertz CT molecular complexity index is 1140. The van der Waals surface area contributed by atoms with Crippen molar-refractivity contribution < 1.29 is 14.5 Å². The summed E-state index contributed by atoms with van der Waals surface area (Å²) in [5.41, 5.74) is 1.68. The number of hydrogen-bond donors (Lipinski definition) is 2. The van der Waals surface area contributed by atoms with E-state index >= 15 is 0 Å². The Morgan fingerprint density at radius 1 is 1.12 bits per heavy atom. The number of benzene rings is 2. The number of anilines is 1. The third kappa shape index (κ3) is 5.63. The van der Waals surface area contributed by atoms with Crippen molar-refractivity contribution in [2.45, 2.75) is 42.5 Å². The van der Waals surface area contributed by atoms with Crippen LogP contribution in [0.3, 0.4) is 0 Å². The largest absolute Gasteiger partial charge is 0.353 e.